The molecule has 0 atom stereocenters. The van der Waals surface area contributed by atoms with Crippen LogP contribution in [0.25, 0.3) is 11.4 Å². The van der Waals surface area contributed by atoms with Crippen LogP contribution in [0.3, 0.4) is 0 Å². The first-order chi connectivity index (χ1) is 11.7. The highest BCUT2D eigenvalue weighted by atomic mass is 16.5. The summed E-state index contributed by atoms with van der Waals surface area (Å²) < 4.78 is 10.4. The number of hydrogen-bond donors (Lipinski definition) is 1. The zero-order chi connectivity index (χ0) is 16.9. The molecule has 6 nitrogen and oxygen atoms in total. The number of carbonyl (C=O) groups is 1. The molecule has 0 aliphatic carbocycles. The summed E-state index contributed by atoms with van der Waals surface area (Å²) in [6, 6.07) is 14.8. The Hall–Kier alpha value is -3.15. The molecule has 3 aromatic rings. The van der Waals surface area contributed by atoms with Crippen LogP contribution in [0.1, 0.15) is 21.8 Å². The minimum absolute atomic E-state index is 0.170. The van der Waals surface area contributed by atoms with Crippen LogP contribution in [0.2, 0.25) is 0 Å². The summed E-state index contributed by atoms with van der Waals surface area (Å²) in [7, 11) is 1.60. The Labute approximate surface area is 139 Å². The van der Waals surface area contributed by atoms with Crippen molar-refractivity contribution in [3.63, 3.8) is 0 Å². The largest absolute Gasteiger partial charge is 0.496 e. The Morgan fingerprint density at radius 2 is 2.00 bits per heavy atom. The normalized spacial score (nSPS) is 10.4. The van der Waals surface area contributed by atoms with Crippen molar-refractivity contribution in [2.24, 2.45) is 0 Å². The summed E-state index contributed by atoms with van der Waals surface area (Å²) in [5, 5.41) is 6.69. The van der Waals surface area contributed by atoms with E-state index in [-0.39, 0.29) is 12.5 Å². The lowest BCUT2D eigenvalue weighted by Crippen LogP contribution is -2.23. The van der Waals surface area contributed by atoms with Crippen molar-refractivity contribution in [2.45, 2.75) is 13.5 Å². The number of ether oxygens (including phenoxy) is 1. The molecule has 1 N–H and O–H groups in total. The van der Waals surface area contributed by atoms with E-state index < -0.39 is 0 Å². The van der Waals surface area contributed by atoms with Crippen LogP contribution in [0.5, 0.6) is 5.75 Å². The molecule has 0 aliphatic rings. The number of aryl methyl sites for hydroxylation is 1. The number of methoxy groups -OCH3 is 1. The maximum atomic E-state index is 12.2. The van der Waals surface area contributed by atoms with E-state index in [1.165, 1.54) is 0 Å². The number of rotatable bonds is 5. The predicted molar refractivity (Wildman–Crippen MR) is 88.6 cm³/mol. The van der Waals surface area contributed by atoms with E-state index in [1.54, 1.807) is 25.3 Å². The van der Waals surface area contributed by atoms with Crippen LogP contribution in [-0.2, 0) is 6.54 Å². The number of nitrogens with zero attached hydrogens (tertiary/aromatic N) is 2. The molecule has 0 saturated heterocycles. The average molecular weight is 323 g/mol. The van der Waals surface area contributed by atoms with Gasteiger partial charge in [0.05, 0.1) is 13.7 Å². The molecule has 1 amide bonds. The van der Waals surface area contributed by atoms with Gasteiger partial charge in [-0.2, -0.15) is 4.98 Å². The highest BCUT2D eigenvalue weighted by Crippen LogP contribution is 2.18. The quantitative estimate of drug-likeness (QED) is 0.781. The fraction of sp³-hybridized carbons (Fsp3) is 0.167. The Bertz CT molecular complexity index is 844. The monoisotopic (exact) mass is 323 g/mol. The van der Waals surface area contributed by atoms with Crippen LogP contribution >= 0.6 is 0 Å². The summed E-state index contributed by atoms with van der Waals surface area (Å²) in [6.45, 7) is 2.06. The van der Waals surface area contributed by atoms with Gasteiger partial charge in [0, 0.05) is 11.1 Å². The molecular weight excluding hydrogens is 306 g/mol. The topological polar surface area (TPSA) is 77.2 Å². The van der Waals surface area contributed by atoms with Gasteiger partial charge in [-0.15, -0.1) is 0 Å². The molecule has 0 unspecified atom stereocenters. The lowest BCUT2D eigenvalue weighted by molar-refractivity contribution is 0.0946. The number of nitrogens with one attached hydrogen (secondary N) is 1. The van der Waals surface area contributed by atoms with Crippen molar-refractivity contribution in [3.05, 3.63) is 65.5 Å². The molecule has 122 valence electrons. The Kier molecular flexibility index (Phi) is 4.56. The van der Waals surface area contributed by atoms with Gasteiger partial charge in [-0.05, 0) is 30.7 Å². The first kappa shape index (κ1) is 15.7. The number of benzene rings is 2. The molecule has 24 heavy (non-hydrogen) atoms. The van der Waals surface area contributed by atoms with Gasteiger partial charge in [0.25, 0.3) is 5.91 Å². The number of carbonyl (C=O) groups excluding carboxylic acids is 1. The van der Waals surface area contributed by atoms with Crippen molar-refractivity contribution in [1.29, 1.82) is 0 Å². The molecule has 2 aromatic carbocycles. The van der Waals surface area contributed by atoms with Crippen LogP contribution in [0, 0.1) is 6.92 Å². The number of aromatic nitrogens is 2. The molecule has 6 heteroatoms. The second kappa shape index (κ2) is 6.95. The standard InChI is InChI=1S/C18H17N3O3/c1-12-10-14(8-9-15(12)23-2)18(22)19-11-16-20-17(21-24-16)13-6-4-3-5-7-13/h3-10H,11H2,1-2H3,(H,19,22). The lowest BCUT2D eigenvalue weighted by Gasteiger charge is -2.07. The lowest BCUT2D eigenvalue weighted by atomic mass is 10.1. The van der Waals surface area contributed by atoms with Gasteiger partial charge in [0.15, 0.2) is 0 Å². The van der Waals surface area contributed by atoms with Crippen LogP contribution in [-0.4, -0.2) is 23.2 Å². The van der Waals surface area contributed by atoms with Crippen LogP contribution in [0.4, 0.5) is 0 Å². The van der Waals surface area contributed by atoms with E-state index in [2.05, 4.69) is 15.5 Å². The maximum absolute atomic E-state index is 12.2. The van der Waals surface area contributed by atoms with Gasteiger partial charge in [-0.3, -0.25) is 4.79 Å². The predicted octanol–water partition coefficient (Wildman–Crippen LogP) is 2.98. The van der Waals surface area contributed by atoms with Crippen molar-refractivity contribution in [2.75, 3.05) is 7.11 Å². The molecule has 0 fully saturated rings. The third-order valence-corrected chi connectivity index (χ3v) is 3.56. The molecule has 0 saturated carbocycles. The highest BCUT2D eigenvalue weighted by molar-refractivity contribution is 5.94. The first-order valence-electron chi connectivity index (χ1n) is 7.48. The van der Waals surface area contributed by atoms with E-state index in [0.29, 0.717) is 17.3 Å². The van der Waals surface area contributed by atoms with Crippen LogP contribution in [0.15, 0.2) is 53.1 Å². The van der Waals surface area contributed by atoms with Gasteiger partial charge in [-0.25, -0.2) is 0 Å². The molecule has 0 radical (unpaired) electrons. The van der Waals surface area contributed by atoms with E-state index >= 15 is 0 Å². The fourth-order valence-corrected chi connectivity index (χ4v) is 2.31. The van der Waals surface area contributed by atoms with Crippen molar-refractivity contribution < 1.29 is 14.1 Å². The van der Waals surface area contributed by atoms with Crippen molar-refractivity contribution in [3.8, 4) is 17.1 Å². The summed E-state index contributed by atoms with van der Waals surface area (Å²) in [5.41, 5.74) is 2.31. The SMILES string of the molecule is COc1ccc(C(=O)NCc2nc(-c3ccccc3)no2)cc1C. The fourth-order valence-electron chi connectivity index (χ4n) is 2.31. The summed E-state index contributed by atoms with van der Waals surface area (Å²) in [5.74, 6) is 1.39. The van der Waals surface area contributed by atoms with E-state index in [1.807, 2.05) is 37.3 Å². The smallest absolute Gasteiger partial charge is 0.251 e. The van der Waals surface area contributed by atoms with Gasteiger partial charge < -0.3 is 14.6 Å². The van der Waals surface area contributed by atoms with E-state index in [4.69, 9.17) is 9.26 Å². The second-order valence-electron chi connectivity index (χ2n) is 5.24. The van der Waals surface area contributed by atoms with Crippen LogP contribution < -0.4 is 10.1 Å². The minimum Gasteiger partial charge on any atom is -0.496 e. The zero-order valence-corrected chi connectivity index (χ0v) is 13.4. The Balaban J connectivity index is 1.65. The van der Waals surface area contributed by atoms with Gasteiger partial charge in [0.2, 0.25) is 11.7 Å². The molecule has 0 aliphatic heterocycles. The third kappa shape index (κ3) is 3.43. The molecule has 1 heterocycles. The van der Waals surface area contributed by atoms with Crippen molar-refractivity contribution >= 4 is 5.91 Å². The van der Waals surface area contributed by atoms with Crippen molar-refractivity contribution in [1.82, 2.24) is 15.5 Å². The third-order valence-electron chi connectivity index (χ3n) is 3.56. The summed E-state index contributed by atoms with van der Waals surface area (Å²) in [4.78, 5) is 16.5. The maximum Gasteiger partial charge on any atom is 0.251 e. The molecule has 1 aromatic heterocycles. The summed E-state index contributed by atoms with van der Waals surface area (Å²) in [6.07, 6.45) is 0. The molecule has 0 bridgehead atoms. The Morgan fingerprint density at radius 3 is 2.71 bits per heavy atom. The zero-order valence-electron chi connectivity index (χ0n) is 13.4. The minimum atomic E-state index is -0.208. The Morgan fingerprint density at radius 1 is 1.21 bits per heavy atom. The first-order valence-corrected chi connectivity index (χ1v) is 7.48. The second-order valence-corrected chi connectivity index (χ2v) is 5.24. The van der Waals surface area contributed by atoms with Gasteiger partial charge >= 0.3 is 0 Å². The molecular formula is C18H17N3O3. The number of amides is 1. The highest BCUT2D eigenvalue weighted by Gasteiger charge is 2.11. The number of hydrogen-bond acceptors (Lipinski definition) is 5. The average Bonchev–Trinajstić information content (AvgIpc) is 3.09. The van der Waals surface area contributed by atoms with E-state index in [0.717, 1.165) is 16.9 Å². The van der Waals surface area contributed by atoms with Gasteiger partial charge in [-0.1, -0.05) is 35.5 Å². The molecule has 0 spiro atoms. The van der Waals surface area contributed by atoms with Gasteiger partial charge in [0.1, 0.15) is 5.75 Å². The summed E-state index contributed by atoms with van der Waals surface area (Å²) >= 11 is 0. The molecule has 3 rings (SSSR count). The van der Waals surface area contributed by atoms with E-state index in [9.17, 15) is 4.79 Å².